The summed E-state index contributed by atoms with van der Waals surface area (Å²) in [6.07, 6.45) is -2.26. The number of fused-ring (bicyclic) bond motifs is 1. The van der Waals surface area contributed by atoms with Crippen LogP contribution in [0.2, 0.25) is 0 Å². The van der Waals surface area contributed by atoms with Crippen molar-refractivity contribution in [3.05, 3.63) is 78.9 Å². The molecular formula is C23H22N6O4. The number of aromatic nitrogens is 4. The van der Waals surface area contributed by atoms with Crippen molar-refractivity contribution in [2.45, 2.75) is 31.1 Å². The van der Waals surface area contributed by atoms with Crippen molar-refractivity contribution >= 4 is 28.6 Å². The predicted molar refractivity (Wildman–Crippen MR) is 120 cm³/mol. The first-order chi connectivity index (χ1) is 16.1. The minimum atomic E-state index is -1.42. The van der Waals surface area contributed by atoms with Crippen LogP contribution in [0.4, 0.5) is 11.5 Å². The molecule has 168 valence electrons. The summed E-state index contributed by atoms with van der Waals surface area (Å²) < 4.78 is 7.27. The zero-order chi connectivity index (χ0) is 22.8. The molecule has 10 nitrogen and oxygen atoms in total. The molecule has 4 N–H and O–H groups in total. The summed E-state index contributed by atoms with van der Waals surface area (Å²) >= 11 is 0. The molecule has 0 bridgehead atoms. The van der Waals surface area contributed by atoms with Gasteiger partial charge in [0.2, 0.25) is 0 Å². The molecule has 4 aromatic rings. The Hall–Kier alpha value is -3.86. The Labute approximate surface area is 188 Å². The molecule has 0 radical (unpaired) electrons. The third-order valence-electron chi connectivity index (χ3n) is 5.47. The summed E-state index contributed by atoms with van der Waals surface area (Å²) in [6, 6.07) is 18.7. The van der Waals surface area contributed by atoms with Gasteiger partial charge in [0.25, 0.3) is 5.91 Å². The number of aliphatic hydroxyl groups is 2. The van der Waals surface area contributed by atoms with Crippen LogP contribution in [0.1, 0.15) is 11.8 Å². The summed E-state index contributed by atoms with van der Waals surface area (Å²) in [5, 5.41) is 27.1. The summed E-state index contributed by atoms with van der Waals surface area (Å²) in [6.45, 7) is 0.544. The van der Waals surface area contributed by atoms with Crippen molar-refractivity contribution in [2.24, 2.45) is 0 Å². The first-order valence-electron chi connectivity index (χ1n) is 10.4. The number of ether oxygens (including phenoxy) is 1. The zero-order valence-corrected chi connectivity index (χ0v) is 17.4. The highest BCUT2D eigenvalue weighted by Crippen LogP contribution is 2.33. The quantitative estimate of drug-likeness (QED) is 0.352. The molecule has 1 aliphatic heterocycles. The Morgan fingerprint density at radius 2 is 1.70 bits per heavy atom. The topological polar surface area (TPSA) is 134 Å². The third kappa shape index (κ3) is 4.14. The number of nitrogens with one attached hydrogen (secondary N) is 2. The number of carbonyl (C=O) groups excluding carboxylic acids is 1. The average molecular weight is 446 g/mol. The minimum Gasteiger partial charge on any atom is -0.387 e. The fourth-order valence-electron chi connectivity index (χ4n) is 3.79. The molecule has 0 unspecified atom stereocenters. The van der Waals surface area contributed by atoms with Gasteiger partial charge in [-0.25, -0.2) is 15.0 Å². The second kappa shape index (κ2) is 8.94. The lowest BCUT2D eigenvalue weighted by molar-refractivity contribution is -0.132. The lowest BCUT2D eigenvalue weighted by Gasteiger charge is -2.16. The zero-order valence-electron chi connectivity index (χ0n) is 17.4. The lowest BCUT2D eigenvalue weighted by atomic mass is 10.1. The number of rotatable bonds is 6. The number of aliphatic hydroxyl groups excluding tert-OH is 2. The van der Waals surface area contributed by atoms with E-state index in [0.29, 0.717) is 29.2 Å². The van der Waals surface area contributed by atoms with E-state index in [2.05, 4.69) is 25.6 Å². The van der Waals surface area contributed by atoms with Crippen LogP contribution < -0.4 is 10.6 Å². The van der Waals surface area contributed by atoms with Crippen LogP contribution in [0.25, 0.3) is 11.2 Å². The summed E-state index contributed by atoms with van der Waals surface area (Å²) in [5.41, 5.74) is 2.52. The monoisotopic (exact) mass is 446 g/mol. The van der Waals surface area contributed by atoms with Crippen LogP contribution in [0.3, 0.4) is 0 Å². The van der Waals surface area contributed by atoms with E-state index in [1.54, 1.807) is 24.3 Å². The molecule has 5 rings (SSSR count). The van der Waals surface area contributed by atoms with E-state index in [4.69, 9.17) is 4.74 Å². The van der Waals surface area contributed by atoms with Gasteiger partial charge in [0.15, 0.2) is 29.3 Å². The van der Waals surface area contributed by atoms with E-state index < -0.39 is 30.4 Å². The van der Waals surface area contributed by atoms with Gasteiger partial charge in [0.05, 0.1) is 6.33 Å². The first-order valence-corrected chi connectivity index (χ1v) is 10.4. The summed E-state index contributed by atoms with van der Waals surface area (Å²) in [7, 11) is 0. The normalized spacial score (nSPS) is 22.4. The molecule has 0 aliphatic carbocycles. The van der Waals surface area contributed by atoms with Crippen LogP contribution in [0.5, 0.6) is 0 Å². The Balaban J connectivity index is 1.36. The van der Waals surface area contributed by atoms with Gasteiger partial charge >= 0.3 is 0 Å². The SMILES string of the molecule is O=C(Nc1ccccc1)[C@H]1O[C@@H](n2cnc3c(NCc4ccccc4)ncnc32)[C@H](O)[C@@H]1O. The Morgan fingerprint density at radius 3 is 2.45 bits per heavy atom. The van der Waals surface area contributed by atoms with Crippen LogP contribution in [0, 0.1) is 0 Å². The number of para-hydroxylation sites is 1. The van der Waals surface area contributed by atoms with Gasteiger partial charge in [-0.2, -0.15) is 0 Å². The molecule has 1 saturated heterocycles. The highest BCUT2D eigenvalue weighted by Gasteiger charge is 2.47. The third-order valence-corrected chi connectivity index (χ3v) is 5.47. The standard InChI is InChI=1S/C23H22N6O4/c30-17-18(31)23(33-19(17)22(32)28-15-9-5-2-6-10-15)29-13-27-16-20(25-12-26-21(16)29)24-11-14-7-3-1-4-8-14/h1-10,12-13,17-19,23,30-31H,11H2,(H,28,32)(H,24,25,26)/t17-,18+,19-,23+/m0/s1. The first kappa shape index (κ1) is 21.0. The van der Waals surface area contributed by atoms with E-state index >= 15 is 0 Å². The lowest BCUT2D eigenvalue weighted by Crippen LogP contribution is -2.39. The van der Waals surface area contributed by atoms with Crippen LogP contribution in [-0.2, 0) is 16.1 Å². The fraction of sp³-hybridized carbons (Fsp3) is 0.217. The smallest absolute Gasteiger partial charge is 0.256 e. The highest BCUT2D eigenvalue weighted by molar-refractivity contribution is 5.95. The van der Waals surface area contributed by atoms with Gasteiger partial charge in [-0.3, -0.25) is 9.36 Å². The number of benzene rings is 2. The number of anilines is 2. The van der Waals surface area contributed by atoms with Crippen LogP contribution in [-0.4, -0.2) is 54.0 Å². The number of carbonyl (C=O) groups is 1. The average Bonchev–Trinajstić information content (AvgIpc) is 3.40. The largest absolute Gasteiger partial charge is 0.387 e. The molecular weight excluding hydrogens is 424 g/mol. The van der Waals surface area contributed by atoms with E-state index in [0.717, 1.165) is 5.56 Å². The molecule has 1 aliphatic rings. The molecule has 2 aromatic carbocycles. The van der Waals surface area contributed by atoms with Crippen molar-refractivity contribution in [3.8, 4) is 0 Å². The van der Waals surface area contributed by atoms with Gasteiger partial charge < -0.3 is 25.6 Å². The molecule has 4 atom stereocenters. The number of amides is 1. The number of nitrogens with zero attached hydrogens (tertiary/aromatic N) is 4. The molecule has 2 aromatic heterocycles. The molecule has 0 saturated carbocycles. The van der Waals surface area contributed by atoms with Gasteiger partial charge in [-0.05, 0) is 17.7 Å². The molecule has 1 amide bonds. The Kier molecular flexibility index (Phi) is 5.69. The minimum absolute atomic E-state index is 0.404. The maximum Gasteiger partial charge on any atom is 0.256 e. The van der Waals surface area contributed by atoms with Gasteiger partial charge in [-0.1, -0.05) is 48.5 Å². The summed E-state index contributed by atoms with van der Waals surface area (Å²) in [4.78, 5) is 25.6. The second-order valence-corrected chi connectivity index (χ2v) is 7.67. The van der Waals surface area contributed by atoms with Gasteiger partial charge in [-0.15, -0.1) is 0 Å². The maximum absolute atomic E-state index is 12.7. The summed E-state index contributed by atoms with van der Waals surface area (Å²) in [5.74, 6) is -0.0338. The number of hydrogen-bond donors (Lipinski definition) is 4. The maximum atomic E-state index is 12.7. The number of hydrogen-bond acceptors (Lipinski definition) is 8. The molecule has 3 heterocycles. The van der Waals surface area contributed by atoms with E-state index in [9.17, 15) is 15.0 Å². The fourth-order valence-corrected chi connectivity index (χ4v) is 3.79. The van der Waals surface area contributed by atoms with Crippen molar-refractivity contribution in [1.29, 1.82) is 0 Å². The Morgan fingerprint density at radius 1 is 0.970 bits per heavy atom. The van der Waals surface area contributed by atoms with Crippen molar-refractivity contribution in [1.82, 2.24) is 19.5 Å². The van der Waals surface area contributed by atoms with Gasteiger partial charge in [0, 0.05) is 12.2 Å². The van der Waals surface area contributed by atoms with Crippen LogP contribution in [0.15, 0.2) is 73.3 Å². The van der Waals surface area contributed by atoms with E-state index in [-0.39, 0.29) is 0 Å². The molecule has 0 spiro atoms. The van der Waals surface area contributed by atoms with Gasteiger partial charge in [0.1, 0.15) is 18.5 Å². The van der Waals surface area contributed by atoms with Crippen molar-refractivity contribution in [3.63, 3.8) is 0 Å². The van der Waals surface area contributed by atoms with Crippen molar-refractivity contribution < 1.29 is 19.7 Å². The van der Waals surface area contributed by atoms with E-state index in [1.807, 2.05) is 36.4 Å². The van der Waals surface area contributed by atoms with Crippen molar-refractivity contribution in [2.75, 3.05) is 10.6 Å². The second-order valence-electron chi connectivity index (χ2n) is 7.67. The molecule has 10 heteroatoms. The molecule has 33 heavy (non-hydrogen) atoms. The van der Waals surface area contributed by atoms with E-state index in [1.165, 1.54) is 17.2 Å². The van der Waals surface area contributed by atoms with Crippen LogP contribution >= 0.6 is 0 Å². The predicted octanol–water partition coefficient (Wildman–Crippen LogP) is 1.70. The molecule has 1 fully saturated rings. The Bertz CT molecular complexity index is 1250. The number of imidazole rings is 1. The highest BCUT2D eigenvalue weighted by atomic mass is 16.6.